The van der Waals surface area contributed by atoms with E-state index in [1.165, 1.54) is 44.4 Å². The molecular weight excluding hydrogens is 459 g/mol. The Morgan fingerprint density at radius 3 is 2.27 bits per heavy atom. The van der Waals surface area contributed by atoms with Gasteiger partial charge in [-0.1, -0.05) is 42.8 Å². The number of carbonyl (C=O) groups is 1. The Bertz CT molecular complexity index is 1210. The lowest BCUT2D eigenvalue weighted by Gasteiger charge is -2.28. The van der Waals surface area contributed by atoms with Gasteiger partial charge in [-0.15, -0.1) is 0 Å². The molecule has 0 saturated heterocycles. The number of aromatic nitrogens is 1. The highest BCUT2D eigenvalue weighted by molar-refractivity contribution is 6.31. The maximum Gasteiger partial charge on any atom is 0.396 e. The minimum absolute atomic E-state index is 0.0325. The van der Waals surface area contributed by atoms with Gasteiger partial charge < -0.3 is 14.4 Å². The van der Waals surface area contributed by atoms with E-state index in [2.05, 4.69) is 0 Å². The number of alkyl halides is 3. The quantitative estimate of drug-likeness (QED) is 0.457. The number of halogens is 4. The Morgan fingerprint density at radius 1 is 1.09 bits per heavy atom. The van der Waals surface area contributed by atoms with E-state index in [0.717, 1.165) is 10.6 Å². The summed E-state index contributed by atoms with van der Waals surface area (Å²) in [6.45, 7) is 1.44. The molecular formula is C24H21ClF3NO4. The molecule has 5 nitrogen and oxygen atoms in total. The van der Waals surface area contributed by atoms with Crippen molar-refractivity contribution in [2.45, 2.75) is 31.4 Å². The average molecular weight is 480 g/mol. The van der Waals surface area contributed by atoms with E-state index in [9.17, 15) is 22.8 Å². The molecule has 0 radical (unpaired) electrons. The van der Waals surface area contributed by atoms with Crippen LogP contribution in [-0.4, -0.2) is 21.8 Å². The molecule has 0 aliphatic heterocycles. The summed E-state index contributed by atoms with van der Waals surface area (Å²) >= 11 is 6.34. The van der Waals surface area contributed by atoms with Crippen LogP contribution in [0.4, 0.5) is 13.2 Å². The van der Waals surface area contributed by atoms with E-state index >= 15 is 0 Å². The summed E-state index contributed by atoms with van der Waals surface area (Å²) < 4.78 is 48.8. The maximum absolute atomic E-state index is 14.0. The monoisotopic (exact) mass is 479 g/mol. The first-order valence-corrected chi connectivity index (χ1v) is 10.3. The van der Waals surface area contributed by atoms with E-state index in [0.29, 0.717) is 17.1 Å². The van der Waals surface area contributed by atoms with E-state index in [-0.39, 0.29) is 22.6 Å². The first-order valence-electron chi connectivity index (χ1n) is 9.97. The second-order valence-corrected chi connectivity index (χ2v) is 8.13. The molecule has 2 atom stereocenters. The smallest absolute Gasteiger partial charge is 0.396 e. The predicted molar refractivity (Wildman–Crippen MR) is 118 cm³/mol. The third-order valence-corrected chi connectivity index (χ3v) is 5.62. The lowest BCUT2D eigenvalue weighted by Crippen LogP contribution is -2.28. The number of hydrogen-bond acceptors (Lipinski definition) is 3. The van der Waals surface area contributed by atoms with E-state index in [1.807, 2.05) is 0 Å². The molecule has 3 aromatic rings. The topological polar surface area (TPSA) is 68.5 Å². The average Bonchev–Trinajstić information content (AvgIpc) is 2.71. The molecule has 0 aliphatic carbocycles. The Balaban J connectivity index is 1.85. The molecule has 0 unspecified atom stereocenters. The number of carboxylic acids is 1. The molecule has 0 aliphatic rings. The van der Waals surface area contributed by atoms with Gasteiger partial charge in [0.2, 0.25) is 5.56 Å². The molecule has 1 aromatic heterocycles. The van der Waals surface area contributed by atoms with Crippen molar-refractivity contribution in [2.75, 3.05) is 0 Å². The van der Waals surface area contributed by atoms with Gasteiger partial charge in [0.1, 0.15) is 11.5 Å². The Labute approximate surface area is 193 Å². The van der Waals surface area contributed by atoms with Gasteiger partial charge in [0.25, 0.3) is 0 Å². The highest BCUT2D eigenvalue weighted by atomic mass is 35.5. The Kier molecular flexibility index (Phi) is 7.17. The van der Waals surface area contributed by atoms with E-state index in [1.54, 1.807) is 24.3 Å². The van der Waals surface area contributed by atoms with Crippen molar-refractivity contribution in [1.29, 1.82) is 0 Å². The molecule has 1 heterocycles. The number of carboxylic acid groups (broad SMARTS) is 1. The highest BCUT2D eigenvalue weighted by Crippen LogP contribution is 2.46. The van der Waals surface area contributed by atoms with Crippen molar-refractivity contribution in [3.63, 3.8) is 0 Å². The summed E-state index contributed by atoms with van der Waals surface area (Å²) in [6.07, 6.45) is -3.49. The molecule has 33 heavy (non-hydrogen) atoms. The van der Waals surface area contributed by atoms with Crippen LogP contribution in [-0.2, 0) is 18.3 Å². The molecule has 9 heteroatoms. The number of ether oxygens (including phenoxy) is 1. The SMILES string of the molecule is C[C@H](c1ccc(Oc2ccc(CC(=O)O)cc2)cc1Cl)[C@@H](c1ccc(=O)n(C)c1)C(F)(F)F. The zero-order chi connectivity index (χ0) is 24.3. The van der Waals surface area contributed by atoms with Crippen LogP contribution in [0.15, 0.2) is 65.6 Å². The predicted octanol–water partition coefficient (Wildman–Crippen LogP) is 5.91. The number of aliphatic carboxylic acids is 1. The number of pyridine rings is 1. The second kappa shape index (κ2) is 9.70. The standard InChI is InChI=1S/C24H21ClF3NO4/c1-14(23(24(26,27)28)16-5-10-21(30)29(2)13-16)19-9-8-18(12-20(19)25)33-17-6-3-15(4-7-17)11-22(31)32/h3-10,12-14,23H,11H2,1-2H3,(H,31,32)/t14-,23+/m1/s1. The molecule has 0 spiro atoms. The normalized spacial score (nSPS) is 13.4. The van der Waals surface area contributed by atoms with Gasteiger partial charge in [-0.3, -0.25) is 9.59 Å². The molecule has 2 aromatic carbocycles. The lowest BCUT2D eigenvalue weighted by molar-refractivity contribution is -0.155. The van der Waals surface area contributed by atoms with Gasteiger partial charge in [-0.05, 0) is 46.9 Å². The minimum Gasteiger partial charge on any atom is -0.481 e. The van der Waals surface area contributed by atoms with Gasteiger partial charge in [-0.25, -0.2) is 0 Å². The molecule has 0 saturated carbocycles. The summed E-state index contributed by atoms with van der Waals surface area (Å²) in [5.74, 6) is -3.09. The van der Waals surface area contributed by atoms with E-state index < -0.39 is 29.5 Å². The molecule has 0 bridgehead atoms. The lowest BCUT2D eigenvalue weighted by atomic mass is 9.82. The van der Waals surface area contributed by atoms with Crippen LogP contribution in [0.5, 0.6) is 11.5 Å². The van der Waals surface area contributed by atoms with Crippen molar-refractivity contribution in [1.82, 2.24) is 4.57 Å². The van der Waals surface area contributed by atoms with Crippen LogP contribution in [0.1, 0.15) is 35.4 Å². The van der Waals surface area contributed by atoms with Crippen molar-refractivity contribution in [3.8, 4) is 11.5 Å². The fraction of sp³-hybridized carbons (Fsp3) is 0.250. The molecule has 174 valence electrons. The molecule has 3 rings (SSSR count). The highest BCUT2D eigenvalue weighted by Gasteiger charge is 2.45. The van der Waals surface area contributed by atoms with Gasteiger partial charge in [0, 0.05) is 24.3 Å². The summed E-state index contributed by atoms with van der Waals surface area (Å²) in [4.78, 5) is 22.4. The zero-order valence-electron chi connectivity index (χ0n) is 17.8. The van der Waals surface area contributed by atoms with Crippen molar-refractivity contribution in [2.24, 2.45) is 7.05 Å². The van der Waals surface area contributed by atoms with Crippen molar-refractivity contribution in [3.05, 3.63) is 92.9 Å². The summed E-state index contributed by atoms with van der Waals surface area (Å²) in [5.41, 5.74) is 0.462. The maximum atomic E-state index is 14.0. The van der Waals surface area contributed by atoms with Gasteiger partial charge in [-0.2, -0.15) is 13.2 Å². The fourth-order valence-corrected chi connectivity index (χ4v) is 4.01. The summed E-state index contributed by atoms with van der Waals surface area (Å²) in [7, 11) is 1.40. The summed E-state index contributed by atoms with van der Waals surface area (Å²) in [5, 5.41) is 8.94. The van der Waals surface area contributed by atoms with Crippen LogP contribution in [0, 0.1) is 0 Å². The van der Waals surface area contributed by atoms with Crippen LogP contribution in [0.3, 0.4) is 0 Å². The number of rotatable bonds is 7. The van der Waals surface area contributed by atoms with Crippen molar-refractivity contribution >= 4 is 17.6 Å². The number of aryl methyl sites for hydroxylation is 1. The van der Waals surface area contributed by atoms with Crippen LogP contribution in [0.2, 0.25) is 5.02 Å². The number of hydrogen-bond donors (Lipinski definition) is 1. The van der Waals surface area contributed by atoms with Crippen LogP contribution >= 0.6 is 11.6 Å². The van der Waals surface area contributed by atoms with Crippen LogP contribution in [0.25, 0.3) is 0 Å². The minimum atomic E-state index is -4.56. The Morgan fingerprint density at radius 2 is 1.73 bits per heavy atom. The molecule has 0 amide bonds. The first-order chi connectivity index (χ1) is 15.5. The van der Waals surface area contributed by atoms with Gasteiger partial charge >= 0.3 is 12.1 Å². The first kappa shape index (κ1) is 24.4. The zero-order valence-corrected chi connectivity index (χ0v) is 18.5. The van der Waals surface area contributed by atoms with E-state index in [4.69, 9.17) is 21.4 Å². The van der Waals surface area contributed by atoms with Crippen molar-refractivity contribution < 1.29 is 27.8 Å². The summed E-state index contributed by atoms with van der Waals surface area (Å²) in [6, 6.07) is 13.2. The third kappa shape index (κ3) is 5.96. The second-order valence-electron chi connectivity index (χ2n) is 7.72. The van der Waals surface area contributed by atoms with Gasteiger partial charge in [0.15, 0.2) is 0 Å². The number of benzene rings is 2. The third-order valence-electron chi connectivity index (χ3n) is 5.30. The van der Waals surface area contributed by atoms with Crippen LogP contribution < -0.4 is 10.3 Å². The van der Waals surface area contributed by atoms with Gasteiger partial charge in [0.05, 0.1) is 12.3 Å². The Hall–Kier alpha value is -3.26. The largest absolute Gasteiger partial charge is 0.481 e. The number of nitrogens with zero attached hydrogens (tertiary/aromatic N) is 1. The molecule has 0 fully saturated rings. The molecule has 1 N–H and O–H groups in total. The fourth-order valence-electron chi connectivity index (χ4n) is 3.67.